The molecule has 3 rings (SSSR count). The molecular formula is C18H17ClN2O2. The van der Waals surface area contributed by atoms with Crippen LogP contribution < -0.4 is 10.6 Å². The van der Waals surface area contributed by atoms with Gasteiger partial charge in [0.05, 0.1) is 0 Å². The summed E-state index contributed by atoms with van der Waals surface area (Å²) in [5.41, 5.74) is 4.02. The first-order chi connectivity index (χ1) is 11.0. The molecule has 1 aliphatic rings. The van der Waals surface area contributed by atoms with E-state index in [1.807, 2.05) is 19.1 Å². The molecule has 1 aliphatic heterocycles. The second-order valence-electron chi connectivity index (χ2n) is 5.69. The molecule has 4 nitrogen and oxygen atoms in total. The van der Waals surface area contributed by atoms with Crippen molar-refractivity contribution in [2.75, 3.05) is 10.6 Å². The normalized spacial score (nSPS) is 13.7. The topological polar surface area (TPSA) is 58.2 Å². The first kappa shape index (κ1) is 15.6. The van der Waals surface area contributed by atoms with Crippen LogP contribution >= 0.6 is 11.6 Å². The van der Waals surface area contributed by atoms with Gasteiger partial charge >= 0.3 is 0 Å². The van der Waals surface area contributed by atoms with E-state index in [0.29, 0.717) is 17.0 Å². The van der Waals surface area contributed by atoms with Gasteiger partial charge in [-0.05, 0) is 67.3 Å². The lowest BCUT2D eigenvalue weighted by Gasteiger charge is -2.11. The van der Waals surface area contributed by atoms with Crippen molar-refractivity contribution < 1.29 is 9.59 Å². The number of rotatable bonds is 2. The first-order valence-electron chi connectivity index (χ1n) is 7.53. The number of hydrogen-bond acceptors (Lipinski definition) is 2. The van der Waals surface area contributed by atoms with Gasteiger partial charge in [-0.25, -0.2) is 0 Å². The van der Waals surface area contributed by atoms with Gasteiger partial charge in [0.1, 0.15) is 0 Å². The van der Waals surface area contributed by atoms with Crippen LogP contribution in [0.5, 0.6) is 0 Å². The minimum Gasteiger partial charge on any atom is -0.326 e. The molecule has 0 aliphatic carbocycles. The SMILES string of the molecule is Cc1cc(Cl)ccc1NC(=O)c1ccc2c(c1)CCCC(=O)N2. The molecule has 0 saturated carbocycles. The van der Waals surface area contributed by atoms with Gasteiger partial charge in [0, 0.05) is 28.4 Å². The zero-order chi connectivity index (χ0) is 16.4. The van der Waals surface area contributed by atoms with Crippen LogP contribution in [-0.4, -0.2) is 11.8 Å². The lowest BCUT2D eigenvalue weighted by Crippen LogP contribution is -2.14. The second kappa shape index (κ2) is 6.42. The summed E-state index contributed by atoms with van der Waals surface area (Å²) in [4.78, 5) is 24.0. The van der Waals surface area contributed by atoms with Gasteiger partial charge in [-0.1, -0.05) is 11.6 Å². The molecule has 0 radical (unpaired) electrons. The van der Waals surface area contributed by atoms with Gasteiger partial charge in [-0.15, -0.1) is 0 Å². The van der Waals surface area contributed by atoms with E-state index in [1.165, 1.54) is 0 Å². The van der Waals surface area contributed by atoms with Crippen LogP contribution in [-0.2, 0) is 11.2 Å². The van der Waals surface area contributed by atoms with Crippen molar-refractivity contribution in [2.24, 2.45) is 0 Å². The summed E-state index contributed by atoms with van der Waals surface area (Å²) in [6.07, 6.45) is 2.09. The summed E-state index contributed by atoms with van der Waals surface area (Å²) in [6.45, 7) is 1.90. The second-order valence-corrected chi connectivity index (χ2v) is 6.12. The largest absolute Gasteiger partial charge is 0.326 e. The lowest BCUT2D eigenvalue weighted by molar-refractivity contribution is -0.116. The van der Waals surface area contributed by atoms with Crippen LogP contribution in [0.2, 0.25) is 5.02 Å². The number of fused-ring (bicyclic) bond motifs is 1. The Morgan fingerprint density at radius 2 is 2.00 bits per heavy atom. The molecule has 0 unspecified atom stereocenters. The summed E-state index contributed by atoms with van der Waals surface area (Å²) in [5, 5.41) is 6.41. The van der Waals surface area contributed by atoms with Crippen molar-refractivity contribution in [1.82, 2.24) is 0 Å². The molecule has 0 saturated heterocycles. The van der Waals surface area contributed by atoms with E-state index in [-0.39, 0.29) is 11.8 Å². The molecule has 0 fully saturated rings. The zero-order valence-electron chi connectivity index (χ0n) is 12.8. The molecule has 5 heteroatoms. The molecule has 118 valence electrons. The van der Waals surface area contributed by atoms with E-state index in [4.69, 9.17) is 11.6 Å². The molecule has 1 heterocycles. The fourth-order valence-electron chi connectivity index (χ4n) is 2.68. The number of anilines is 2. The predicted octanol–water partition coefficient (Wildman–Crippen LogP) is 4.18. The standard InChI is InChI=1S/C18H17ClN2O2/c1-11-9-14(19)6-8-15(11)21-18(23)13-5-7-16-12(10-13)3-2-4-17(22)20-16/h5-10H,2-4H2,1H3,(H,20,22)(H,21,23). The Balaban J connectivity index is 1.83. The Morgan fingerprint density at radius 3 is 2.78 bits per heavy atom. The number of carbonyl (C=O) groups is 2. The third-order valence-electron chi connectivity index (χ3n) is 3.93. The lowest BCUT2D eigenvalue weighted by atomic mass is 10.0. The Morgan fingerprint density at radius 1 is 1.17 bits per heavy atom. The highest BCUT2D eigenvalue weighted by molar-refractivity contribution is 6.30. The third-order valence-corrected chi connectivity index (χ3v) is 4.16. The molecule has 2 amide bonds. The van der Waals surface area contributed by atoms with E-state index in [1.54, 1.807) is 24.3 Å². The Kier molecular flexibility index (Phi) is 4.35. The molecule has 0 bridgehead atoms. The highest BCUT2D eigenvalue weighted by atomic mass is 35.5. The zero-order valence-corrected chi connectivity index (χ0v) is 13.5. The fraction of sp³-hybridized carbons (Fsp3) is 0.222. The van der Waals surface area contributed by atoms with Crippen LogP contribution in [0.1, 0.15) is 34.3 Å². The van der Waals surface area contributed by atoms with Crippen molar-refractivity contribution in [2.45, 2.75) is 26.2 Å². The van der Waals surface area contributed by atoms with Gasteiger partial charge < -0.3 is 10.6 Å². The maximum absolute atomic E-state index is 12.5. The molecule has 2 aromatic rings. The van der Waals surface area contributed by atoms with Crippen molar-refractivity contribution in [3.8, 4) is 0 Å². The summed E-state index contributed by atoms with van der Waals surface area (Å²) in [5.74, 6) is -0.147. The molecule has 2 N–H and O–H groups in total. The van der Waals surface area contributed by atoms with Crippen molar-refractivity contribution >= 4 is 34.8 Å². The average molecular weight is 329 g/mol. The Hall–Kier alpha value is -2.33. The van der Waals surface area contributed by atoms with E-state index in [0.717, 1.165) is 35.3 Å². The Bertz CT molecular complexity index is 787. The molecule has 23 heavy (non-hydrogen) atoms. The highest BCUT2D eigenvalue weighted by Gasteiger charge is 2.15. The maximum Gasteiger partial charge on any atom is 0.255 e. The minimum atomic E-state index is -0.172. The van der Waals surface area contributed by atoms with E-state index >= 15 is 0 Å². The monoisotopic (exact) mass is 328 g/mol. The van der Waals surface area contributed by atoms with Crippen LogP contribution in [0.4, 0.5) is 11.4 Å². The number of nitrogens with one attached hydrogen (secondary N) is 2. The highest BCUT2D eigenvalue weighted by Crippen LogP contribution is 2.25. The molecule has 0 spiro atoms. The summed E-state index contributed by atoms with van der Waals surface area (Å²) in [6, 6.07) is 10.7. The minimum absolute atomic E-state index is 0.0257. The first-order valence-corrected chi connectivity index (χ1v) is 7.91. The van der Waals surface area contributed by atoms with E-state index < -0.39 is 0 Å². The Labute approximate surface area is 139 Å². The van der Waals surface area contributed by atoms with Crippen LogP contribution in [0.3, 0.4) is 0 Å². The van der Waals surface area contributed by atoms with Crippen molar-refractivity contribution in [3.05, 3.63) is 58.1 Å². The quantitative estimate of drug-likeness (QED) is 0.869. The fourth-order valence-corrected chi connectivity index (χ4v) is 2.90. The number of halogens is 1. The van der Waals surface area contributed by atoms with Crippen molar-refractivity contribution in [3.63, 3.8) is 0 Å². The predicted molar refractivity (Wildman–Crippen MR) is 92.2 cm³/mol. The van der Waals surface area contributed by atoms with Gasteiger partial charge in [0.15, 0.2) is 0 Å². The van der Waals surface area contributed by atoms with Gasteiger partial charge in [-0.3, -0.25) is 9.59 Å². The summed E-state index contributed by atoms with van der Waals surface area (Å²) >= 11 is 5.93. The summed E-state index contributed by atoms with van der Waals surface area (Å²) < 4.78 is 0. The van der Waals surface area contributed by atoms with E-state index in [2.05, 4.69) is 10.6 Å². The van der Waals surface area contributed by atoms with E-state index in [9.17, 15) is 9.59 Å². The number of aryl methyl sites for hydroxylation is 2. The van der Waals surface area contributed by atoms with Crippen LogP contribution in [0.25, 0.3) is 0 Å². The molecule has 0 aromatic heterocycles. The third kappa shape index (κ3) is 3.54. The van der Waals surface area contributed by atoms with Crippen LogP contribution in [0.15, 0.2) is 36.4 Å². The number of carbonyl (C=O) groups excluding carboxylic acids is 2. The number of amides is 2. The summed E-state index contributed by atoms with van der Waals surface area (Å²) in [7, 11) is 0. The molecule has 0 atom stereocenters. The van der Waals surface area contributed by atoms with Crippen LogP contribution in [0, 0.1) is 6.92 Å². The smallest absolute Gasteiger partial charge is 0.255 e. The molecule has 2 aromatic carbocycles. The van der Waals surface area contributed by atoms with Gasteiger partial charge in [-0.2, -0.15) is 0 Å². The maximum atomic E-state index is 12.5. The number of benzene rings is 2. The van der Waals surface area contributed by atoms with Crippen molar-refractivity contribution in [1.29, 1.82) is 0 Å². The molecular weight excluding hydrogens is 312 g/mol. The van der Waals surface area contributed by atoms with Gasteiger partial charge in [0.2, 0.25) is 5.91 Å². The van der Waals surface area contributed by atoms with Gasteiger partial charge in [0.25, 0.3) is 5.91 Å². The average Bonchev–Trinajstić information content (AvgIpc) is 2.69. The number of hydrogen-bond donors (Lipinski definition) is 2.